The minimum atomic E-state index is -0.683. The molecule has 0 amide bonds. The number of thiophene rings is 1. The van der Waals surface area contributed by atoms with Crippen LogP contribution in [0.5, 0.6) is 0 Å². The molecule has 0 bridgehead atoms. The van der Waals surface area contributed by atoms with Crippen LogP contribution in [0.4, 0.5) is 0 Å². The smallest absolute Gasteiger partial charge is 0.303 e. The third kappa shape index (κ3) is 4.15. The van der Waals surface area contributed by atoms with Gasteiger partial charge in [-0.25, -0.2) is 4.98 Å². The summed E-state index contributed by atoms with van der Waals surface area (Å²) in [7, 11) is 0. The molecule has 1 atom stereocenters. The summed E-state index contributed by atoms with van der Waals surface area (Å²) in [4.78, 5) is 19.1. The van der Waals surface area contributed by atoms with Crippen molar-refractivity contribution >= 4 is 28.6 Å². The molecular formula is C16H20N2O2S2. The number of thiazole rings is 1. The summed E-state index contributed by atoms with van der Waals surface area (Å²) >= 11 is 3.43. The number of rotatable bonds is 6. The number of carboxylic acid groups (broad SMARTS) is 1. The highest BCUT2D eigenvalue weighted by Gasteiger charge is 2.21. The fourth-order valence-electron chi connectivity index (χ4n) is 2.98. The van der Waals surface area contributed by atoms with Crippen molar-refractivity contribution in [3.63, 3.8) is 0 Å². The maximum atomic E-state index is 10.7. The molecule has 1 aliphatic heterocycles. The largest absolute Gasteiger partial charge is 0.481 e. The maximum absolute atomic E-state index is 10.7. The van der Waals surface area contributed by atoms with Crippen LogP contribution in [0, 0.1) is 5.92 Å². The van der Waals surface area contributed by atoms with Crippen LogP contribution in [0.15, 0.2) is 22.9 Å². The van der Waals surface area contributed by atoms with Gasteiger partial charge in [0.2, 0.25) is 0 Å². The van der Waals surface area contributed by atoms with E-state index in [1.165, 1.54) is 4.88 Å². The van der Waals surface area contributed by atoms with Crippen molar-refractivity contribution in [3.05, 3.63) is 28.6 Å². The van der Waals surface area contributed by atoms with Crippen molar-refractivity contribution in [2.24, 2.45) is 5.92 Å². The Kier molecular flexibility index (Phi) is 5.23. The van der Waals surface area contributed by atoms with E-state index in [1.807, 2.05) is 0 Å². The van der Waals surface area contributed by atoms with Crippen molar-refractivity contribution < 1.29 is 9.90 Å². The van der Waals surface area contributed by atoms with E-state index in [-0.39, 0.29) is 6.42 Å². The quantitative estimate of drug-likeness (QED) is 0.868. The van der Waals surface area contributed by atoms with E-state index >= 15 is 0 Å². The molecule has 0 aliphatic carbocycles. The first-order chi connectivity index (χ1) is 10.7. The second kappa shape index (κ2) is 7.35. The van der Waals surface area contributed by atoms with Crippen LogP contribution in [-0.4, -0.2) is 34.0 Å². The lowest BCUT2D eigenvalue weighted by Gasteiger charge is -2.32. The Labute approximate surface area is 138 Å². The van der Waals surface area contributed by atoms with Crippen LogP contribution in [-0.2, 0) is 11.3 Å². The molecule has 6 heteroatoms. The monoisotopic (exact) mass is 336 g/mol. The van der Waals surface area contributed by atoms with E-state index in [4.69, 9.17) is 10.1 Å². The van der Waals surface area contributed by atoms with Gasteiger partial charge in [0.05, 0.1) is 10.6 Å². The van der Waals surface area contributed by atoms with Gasteiger partial charge in [0.25, 0.3) is 0 Å². The van der Waals surface area contributed by atoms with Crippen LogP contribution in [0.3, 0.4) is 0 Å². The molecule has 1 fully saturated rings. The van der Waals surface area contributed by atoms with Crippen LogP contribution < -0.4 is 0 Å². The molecule has 1 unspecified atom stereocenters. The van der Waals surface area contributed by atoms with Gasteiger partial charge in [0.1, 0.15) is 5.01 Å². The summed E-state index contributed by atoms with van der Waals surface area (Å²) in [5.41, 5.74) is 1.13. The Morgan fingerprint density at radius 3 is 3.14 bits per heavy atom. The molecule has 118 valence electrons. The van der Waals surface area contributed by atoms with Crippen molar-refractivity contribution in [2.75, 3.05) is 13.1 Å². The molecule has 0 saturated carbocycles. The van der Waals surface area contributed by atoms with Gasteiger partial charge < -0.3 is 5.11 Å². The normalized spacial score (nSPS) is 19.4. The molecule has 0 aromatic carbocycles. The first-order valence-corrected chi connectivity index (χ1v) is 9.39. The maximum Gasteiger partial charge on any atom is 0.303 e. The number of hydrogen-bond acceptors (Lipinski definition) is 5. The van der Waals surface area contributed by atoms with Gasteiger partial charge in [-0.05, 0) is 43.2 Å². The predicted octanol–water partition coefficient (Wildman–Crippen LogP) is 3.95. The SMILES string of the molecule is O=C(O)CCC1CCCN(Cc2csc(-c3cccs3)n2)C1. The van der Waals surface area contributed by atoms with Crippen molar-refractivity contribution in [2.45, 2.75) is 32.2 Å². The molecule has 3 rings (SSSR count). The Morgan fingerprint density at radius 1 is 1.45 bits per heavy atom. The number of nitrogens with zero attached hydrogens (tertiary/aromatic N) is 2. The van der Waals surface area contributed by atoms with Crippen LogP contribution >= 0.6 is 22.7 Å². The zero-order valence-electron chi connectivity index (χ0n) is 12.4. The summed E-state index contributed by atoms with van der Waals surface area (Å²) in [6.45, 7) is 2.97. The van der Waals surface area contributed by atoms with E-state index in [0.29, 0.717) is 5.92 Å². The Bertz CT molecular complexity index is 609. The molecular weight excluding hydrogens is 316 g/mol. The highest BCUT2D eigenvalue weighted by Crippen LogP contribution is 2.29. The van der Waals surface area contributed by atoms with E-state index in [2.05, 4.69) is 27.8 Å². The Morgan fingerprint density at radius 2 is 2.36 bits per heavy atom. The van der Waals surface area contributed by atoms with E-state index in [9.17, 15) is 4.79 Å². The molecule has 0 spiro atoms. The summed E-state index contributed by atoms with van der Waals surface area (Å²) in [5.74, 6) is -0.169. The first kappa shape index (κ1) is 15.6. The first-order valence-electron chi connectivity index (χ1n) is 7.63. The van der Waals surface area contributed by atoms with Crippen LogP contribution in [0.2, 0.25) is 0 Å². The third-order valence-electron chi connectivity index (χ3n) is 4.04. The van der Waals surface area contributed by atoms with Crippen molar-refractivity contribution in [1.29, 1.82) is 0 Å². The molecule has 3 heterocycles. The lowest BCUT2D eigenvalue weighted by Crippen LogP contribution is -2.35. The number of aliphatic carboxylic acids is 1. The second-order valence-electron chi connectivity index (χ2n) is 5.80. The standard InChI is InChI=1S/C16H20N2O2S2/c19-15(20)6-5-12-3-1-7-18(9-12)10-13-11-22-16(17-13)14-4-2-8-21-14/h2,4,8,11-12H,1,3,5-7,9-10H2,(H,19,20). The zero-order chi connectivity index (χ0) is 15.4. The number of aromatic nitrogens is 1. The van der Waals surface area contributed by atoms with Gasteiger partial charge in [-0.2, -0.15) is 0 Å². The van der Waals surface area contributed by atoms with E-state index in [1.54, 1.807) is 22.7 Å². The lowest BCUT2D eigenvalue weighted by molar-refractivity contribution is -0.137. The molecule has 1 N–H and O–H groups in total. The number of carbonyl (C=O) groups is 1. The Balaban J connectivity index is 1.55. The Hall–Kier alpha value is -1.24. The van der Waals surface area contributed by atoms with Crippen LogP contribution in [0.1, 0.15) is 31.4 Å². The van der Waals surface area contributed by atoms with Crippen molar-refractivity contribution in [3.8, 4) is 9.88 Å². The molecule has 0 radical (unpaired) electrons. The highest BCUT2D eigenvalue weighted by atomic mass is 32.1. The van der Waals surface area contributed by atoms with Gasteiger partial charge in [-0.1, -0.05) is 6.07 Å². The van der Waals surface area contributed by atoms with Gasteiger partial charge in [0, 0.05) is 24.9 Å². The summed E-state index contributed by atoms with van der Waals surface area (Å²) in [6.07, 6.45) is 3.40. The average Bonchev–Trinajstić information content (AvgIpc) is 3.16. The minimum absolute atomic E-state index is 0.289. The fourth-order valence-corrected chi connectivity index (χ4v) is 4.61. The summed E-state index contributed by atoms with van der Waals surface area (Å²) in [5, 5.41) is 14.1. The van der Waals surface area contributed by atoms with Gasteiger partial charge in [-0.3, -0.25) is 9.69 Å². The molecule has 1 saturated heterocycles. The molecule has 2 aromatic heterocycles. The number of hydrogen-bond donors (Lipinski definition) is 1. The van der Waals surface area contributed by atoms with Crippen LogP contribution in [0.25, 0.3) is 9.88 Å². The van der Waals surface area contributed by atoms with E-state index in [0.717, 1.165) is 49.6 Å². The molecule has 22 heavy (non-hydrogen) atoms. The number of likely N-dealkylation sites (tertiary alicyclic amines) is 1. The highest BCUT2D eigenvalue weighted by molar-refractivity contribution is 7.20. The van der Waals surface area contributed by atoms with Gasteiger partial charge >= 0.3 is 5.97 Å². The third-order valence-corrected chi connectivity index (χ3v) is 5.97. The number of piperidine rings is 1. The second-order valence-corrected chi connectivity index (χ2v) is 7.60. The zero-order valence-corrected chi connectivity index (χ0v) is 14.0. The fraction of sp³-hybridized carbons (Fsp3) is 0.500. The average molecular weight is 336 g/mol. The van der Waals surface area contributed by atoms with Crippen molar-refractivity contribution in [1.82, 2.24) is 9.88 Å². The topological polar surface area (TPSA) is 53.4 Å². The predicted molar refractivity (Wildman–Crippen MR) is 90.3 cm³/mol. The summed E-state index contributed by atoms with van der Waals surface area (Å²) < 4.78 is 0. The summed E-state index contributed by atoms with van der Waals surface area (Å²) in [6, 6.07) is 4.16. The van der Waals surface area contributed by atoms with Gasteiger partial charge in [0.15, 0.2) is 0 Å². The number of carboxylic acids is 1. The van der Waals surface area contributed by atoms with E-state index < -0.39 is 5.97 Å². The molecule has 2 aromatic rings. The lowest BCUT2D eigenvalue weighted by atomic mass is 9.93. The minimum Gasteiger partial charge on any atom is -0.481 e. The molecule has 4 nitrogen and oxygen atoms in total. The molecule has 1 aliphatic rings. The van der Waals surface area contributed by atoms with Gasteiger partial charge in [-0.15, -0.1) is 22.7 Å².